The Kier molecular flexibility index (Phi) is 6.00. The van der Waals surface area contributed by atoms with Gasteiger partial charge in [-0.3, -0.25) is 4.79 Å². The standard InChI is InChI=1S/C23H29N5O2S/c1-6-21(29)28-13-17(9-15(28)4)30-22-18-7-8-27(12-14(2)3)19(18)10-20(25-22)26-23-24-11-16(5)31-23/h6-8,10-11,14-15,17H,1,9,12-13H2,2-5H3,(H,24,25,26)/t15-,17+/m1/s1. The predicted octanol–water partition coefficient (Wildman–Crippen LogP) is 4.76. The number of nitrogens with zero attached hydrogens (tertiary/aromatic N) is 4. The van der Waals surface area contributed by atoms with E-state index in [1.54, 1.807) is 16.2 Å². The first-order valence-electron chi connectivity index (χ1n) is 10.6. The van der Waals surface area contributed by atoms with Crippen LogP contribution in [0.1, 0.15) is 32.1 Å². The van der Waals surface area contributed by atoms with E-state index < -0.39 is 0 Å². The van der Waals surface area contributed by atoms with Gasteiger partial charge in [0.15, 0.2) is 5.13 Å². The number of pyridine rings is 1. The summed E-state index contributed by atoms with van der Waals surface area (Å²) >= 11 is 1.59. The fourth-order valence-electron chi connectivity index (χ4n) is 4.04. The van der Waals surface area contributed by atoms with E-state index in [4.69, 9.17) is 9.72 Å². The average molecular weight is 440 g/mol. The molecule has 1 amide bonds. The lowest BCUT2D eigenvalue weighted by molar-refractivity contribution is -0.126. The van der Waals surface area contributed by atoms with Crippen molar-refractivity contribution < 1.29 is 9.53 Å². The highest BCUT2D eigenvalue weighted by Crippen LogP contribution is 2.33. The fourth-order valence-corrected chi connectivity index (χ4v) is 4.71. The quantitative estimate of drug-likeness (QED) is 0.538. The summed E-state index contributed by atoms with van der Waals surface area (Å²) < 4.78 is 8.61. The summed E-state index contributed by atoms with van der Waals surface area (Å²) in [5.41, 5.74) is 1.07. The molecule has 0 spiro atoms. The number of carbonyl (C=O) groups is 1. The minimum Gasteiger partial charge on any atom is -0.472 e. The molecule has 0 bridgehead atoms. The van der Waals surface area contributed by atoms with Gasteiger partial charge in [-0.2, -0.15) is 4.98 Å². The molecule has 1 aliphatic rings. The maximum Gasteiger partial charge on any atom is 0.246 e. The van der Waals surface area contributed by atoms with Gasteiger partial charge in [-0.1, -0.05) is 20.4 Å². The normalized spacial score (nSPS) is 18.7. The van der Waals surface area contributed by atoms with Crippen molar-refractivity contribution in [2.75, 3.05) is 11.9 Å². The third kappa shape index (κ3) is 4.58. The Hall–Kier alpha value is -2.87. The van der Waals surface area contributed by atoms with E-state index >= 15 is 0 Å². The van der Waals surface area contributed by atoms with Crippen LogP contribution in [-0.2, 0) is 11.3 Å². The van der Waals surface area contributed by atoms with Gasteiger partial charge in [0.2, 0.25) is 11.8 Å². The van der Waals surface area contributed by atoms with Crippen molar-refractivity contribution in [3.05, 3.63) is 42.1 Å². The zero-order valence-corrected chi connectivity index (χ0v) is 19.3. The number of fused-ring (bicyclic) bond motifs is 1. The molecule has 164 valence electrons. The number of likely N-dealkylation sites (tertiary alicyclic amines) is 1. The number of aryl methyl sites for hydroxylation is 1. The Bertz CT molecular complexity index is 1100. The van der Waals surface area contributed by atoms with Gasteiger partial charge >= 0.3 is 0 Å². The van der Waals surface area contributed by atoms with Crippen LogP contribution in [0.2, 0.25) is 0 Å². The molecular weight excluding hydrogens is 410 g/mol. The number of aromatic nitrogens is 3. The number of anilines is 2. The molecule has 4 heterocycles. The largest absolute Gasteiger partial charge is 0.472 e. The first kappa shape index (κ1) is 21.4. The summed E-state index contributed by atoms with van der Waals surface area (Å²) in [4.78, 5) is 24.2. The second-order valence-corrected chi connectivity index (χ2v) is 9.76. The summed E-state index contributed by atoms with van der Waals surface area (Å²) in [6.45, 7) is 13.5. The zero-order chi connectivity index (χ0) is 22.1. The van der Waals surface area contributed by atoms with Gasteiger partial charge in [0.1, 0.15) is 11.9 Å². The van der Waals surface area contributed by atoms with E-state index in [0.717, 1.165) is 33.9 Å². The lowest BCUT2D eigenvalue weighted by atomic mass is 10.2. The molecule has 1 saturated heterocycles. The summed E-state index contributed by atoms with van der Waals surface area (Å²) in [5, 5.41) is 5.10. The number of nitrogens with one attached hydrogen (secondary N) is 1. The van der Waals surface area contributed by atoms with Crippen molar-refractivity contribution in [2.24, 2.45) is 5.92 Å². The molecule has 8 heteroatoms. The van der Waals surface area contributed by atoms with Gasteiger partial charge in [0.05, 0.1) is 17.4 Å². The lowest BCUT2D eigenvalue weighted by Crippen LogP contribution is -2.33. The topological polar surface area (TPSA) is 72.3 Å². The molecular formula is C23H29N5O2S. The van der Waals surface area contributed by atoms with Crippen LogP contribution in [0.4, 0.5) is 10.9 Å². The number of thiazole rings is 1. The Balaban J connectivity index is 1.66. The van der Waals surface area contributed by atoms with Crippen LogP contribution < -0.4 is 10.1 Å². The maximum atomic E-state index is 12.1. The summed E-state index contributed by atoms with van der Waals surface area (Å²) in [6.07, 6.45) is 5.94. The van der Waals surface area contributed by atoms with Crippen LogP contribution >= 0.6 is 11.3 Å². The van der Waals surface area contributed by atoms with Crippen molar-refractivity contribution >= 4 is 39.1 Å². The molecule has 4 rings (SSSR count). The van der Waals surface area contributed by atoms with Crippen LogP contribution in [0.5, 0.6) is 5.88 Å². The molecule has 0 saturated carbocycles. The van der Waals surface area contributed by atoms with E-state index in [1.165, 1.54) is 6.08 Å². The first-order valence-corrected chi connectivity index (χ1v) is 11.4. The predicted molar refractivity (Wildman–Crippen MR) is 125 cm³/mol. The molecule has 1 fully saturated rings. The van der Waals surface area contributed by atoms with E-state index in [2.05, 4.69) is 47.6 Å². The molecule has 1 aliphatic heterocycles. The Morgan fingerprint density at radius 3 is 2.97 bits per heavy atom. The van der Waals surface area contributed by atoms with Crippen molar-refractivity contribution in [3.63, 3.8) is 0 Å². The van der Waals surface area contributed by atoms with Gasteiger partial charge < -0.3 is 19.5 Å². The van der Waals surface area contributed by atoms with E-state index in [0.29, 0.717) is 24.2 Å². The average Bonchev–Trinajstić information content (AvgIpc) is 3.40. The summed E-state index contributed by atoms with van der Waals surface area (Å²) in [5.74, 6) is 1.74. The maximum absolute atomic E-state index is 12.1. The van der Waals surface area contributed by atoms with E-state index in [9.17, 15) is 4.79 Å². The highest BCUT2D eigenvalue weighted by Gasteiger charge is 2.33. The van der Waals surface area contributed by atoms with Crippen LogP contribution in [0, 0.1) is 12.8 Å². The molecule has 3 aromatic rings. The minimum atomic E-state index is -0.111. The summed E-state index contributed by atoms with van der Waals surface area (Å²) in [6, 6.07) is 4.21. The number of hydrogen-bond acceptors (Lipinski definition) is 6. The number of ether oxygens (including phenoxy) is 1. The van der Waals surface area contributed by atoms with Crippen LogP contribution in [0.15, 0.2) is 37.2 Å². The Labute approximate surface area is 186 Å². The van der Waals surface area contributed by atoms with Crippen molar-refractivity contribution in [1.29, 1.82) is 0 Å². The van der Waals surface area contributed by atoms with Crippen LogP contribution in [0.25, 0.3) is 10.9 Å². The molecule has 0 unspecified atom stereocenters. The van der Waals surface area contributed by atoms with Gasteiger partial charge in [-0.25, -0.2) is 4.98 Å². The molecule has 0 aliphatic carbocycles. The molecule has 2 atom stereocenters. The molecule has 3 aromatic heterocycles. The van der Waals surface area contributed by atoms with E-state index in [-0.39, 0.29) is 18.1 Å². The molecule has 0 radical (unpaired) electrons. The second-order valence-electron chi connectivity index (χ2n) is 8.53. The number of hydrogen-bond donors (Lipinski definition) is 1. The van der Waals surface area contributed by atoms with Gasteiger partial charge in [-0.15, -0.1) is 11.3 Å². The molecule has 7 nitrogen and oxygen atoms in total. The minimum absolute atomic E-state index is 0.0608. The fraction of sp³-hybridized carbons (Fsp3) is 0.435. The third-order valence-corrected chi connectivity index (χ3v) is 6.25. The van der Waals surface area contributed by atoms with Crippen molar-refractivity contribution in [1.82, 2.24) is 19.4 Å². The highest BCUT2D eigenvalue weighted by atomic mass is 32.1. The number of carbonyl (C=O) groups excluding carboxylic acids is 1. The SMILES string of the molecule is C=CC(=O)N1C[C@@H](Oc2nc(Nc3ncc(C)s3)cc3c2ccn3CC(C)C)C[C@H]1C. The Morgan fingerprint density at radius 1 is 1.48 bits per heavy atom. The summed E-state index contributed by atoms with van der Waals surface area (Å²) in [7, 11) is 0. The zero-order valence-electron chi connectivity index (χ0n) is 18.5. The molecule has 0 aromatic carbocycles. The first-order chi connectivity index (χ1) is 14.8. The number of rotatable bonds is 7. The number of amides is 1. The van der Waals surface area contributed by atoms with Crippen LogP contribution in [0.3, 0.4) is 0 Å². The molecule has 31 heavy (non-hydrogen) atoms. The molecule has 1 N–H and O–H groups in total. The lowest BCUT2D eigenvalue weighted by Gasteiger charge is -2.19. The van der Waals surface area contributed by atoms with Gasteiger partial charge in [0.25, 0.3) is 0 Å². The van der Waals surface area contributed by atoms with Crippen molar-refractivity contribution in [2.45, 2.75) is 52.8 Å². The van der Waals surface area contributed by atoms with Crippen molar-refractivity contribution in [3.8, 4) is 5.88 Å². The van der Waals surface area contributed by atoms with E-state index in [1.807, 2.05) is 26.1 Å². The monoisotopic (exact) mass is 439 g/mol. The van der Waals surface area contributed by atoms with Crippen LogP contribution in [-0.4, -0.2) is 44.0 Å². The van der Waals surface area contributed by atoms with Gasteiger partial charge in [-0.05, 0) is 31.9 Å². The third-order valence-electron chi connectivity index (χ3n) is 5.42. The second kappa shape index (κ2) is 8.70. The highest BCUT2D eigenvalue weighted by molar-refractivity contribution is 7.15. The smallest absolute Gasteiger partial charge is 0.246 e. The Morgan fingerprint density at radius 2 is 2.29 bits per heavy atom. The van der Waals surface area contributed by atoms with Gasteiger partial charge in [0, 0.05) is 42.3 Å².